The maximum absolute atomic E-state index is 12.2. The van der Waals surface area contributed by atoms with Gasteiger partial charge >= 0.3 is 0 Å². The fourth-order valence-electron chi connectivity index (χ4n) is 2.64. The van der Waals surface area contributed by atoms with E-state index in [1.165, 1.54) is 0 Å². The molecule has 0 radical (unpaired) electrons. The Morgan fingerprint density at radius 3 is 2.73 bits per heavy atom. The summed E-state index contributed by atoms with van der Waals surface area (Å²) in [4.78, 5) is 28.0. The fourth-order valence-corrected chi connectivity index (χ4v) is 2.64. The van der Waals surface area contributed by atoms with Gasteiger partial charge in [0.25, 0.3) is 5.91 Å². The fraction of sp³-hybridized carbons (Fsp3) is 0.500. The van der Waals surface area contributed by atoms with Crippen LogP contribution in [0.15, 0.2) is 17.1 Å². The lowest BCUT2D eigenvalue weighted by atomic mass is 9.97. The molecular formula is C18H24N2O2. The number of nitrogens with one attached hydrogen (secondary N) is 1. The summed E-state index contributed by atoms with van der Waals surface area (Å²) in [5, 5.41) is 4.74. The van der Waals surface area contributed by atoms with Crippen molar-refractivity contribution in [3.05, 3.63) is 33.8 Å². The molecular weight excluding hydrogens is 276 g/mol. The van der Waals surface area contributed by atoms with Gasteiger partial charge in [0.1, 0.15) is 0 Å². The van der Waals surface area contributed by atoms with E-state index in [1.807, 2.05) is 26.0 Å². The average Bonchev–Trinajstić information content (AvgIpc) is 2.50. The molecule has 1 unspecified atom stereocenters. The zero-order valence-electron chi connectivity index (χ0n) is 13.6. The minimum Gasteiger partial charge on any atom is -0.356 e. The second-order valence-electron chi connectivity index (χ2n) is 5.93. The summed E-state index contributed by atoms with van der Waals surface area (Å²) < 4.78 is 0. The van der Waals surface area contributed by atoms with Crippen LogP contribution in [0.25, 0.3) is 6.08 Å². The van der Waals surface area contributed by atoms with Gasteiger partial charge in [-0.25, -0.2) is 4.99 Å². The predicted molar refractivity (Wildman–Crippen MR) is 86.8 cm³/mol. The molecule has 0 spiro atoms. The van der Waals surface area contributed by atoms with Crippen LogP contribution in [0.3, 0.4) is 0 Å². The summed E-state index contributed by atoms with van der Waals surface area (Å²) in [5.41, 5.74) is 2.16. The average molecular weight is 300 g/mol. The zero-order chi connectivity index (χ0) is 16.1. The molecule has 0 saturated carbocycles. The van der Waals surface area contributed by atoms with E-state index in [1.54, 1.807) is 0 Å². The molecule has 4 nitrogen and oxygen atoms in total. The number of hydrogen-bond acceptors (Lipinski definition) is 2. The maximum atomic E-state index is 12.2. The first-order valence-electron chi connectivity index (χ1n) is 8.00. The van der Waals surface area contributed by atoms with E-state index < -0.39 is 0 Å². The molecule has 2 amide bonds. The van der Waals surface area contributed by atoms with Crippen molar-refractivity contribution in [2.45, 2.75) is 46.5 Å². The SMILES string of the molecule is CCCCC(=O)NCCC1C=c2c(C)ccc(C)c2=NC1=O. The van der Waals surface area contributed by atoms with E-state index in [9.17, 15) is 9.59 Å². The van der Waals surface area contributed by atoms with Gasteiger partial charge in [0, 0.05) is 18.2 Å². The number of carbonyl (C=O) groups excluding carboxylic acids is 2. The van der Waals surface area contributed by atoms with E-state index in [2.05, 4.69) is 23.3 Å². The van der Waals surface area contributed by atoms with E-state index in [4.69, 9.17) is 0 Å². The first kappa shape index (κ1) is 16.4. The second kappa shape index (κ2) is 7.34. The first-order valence-corrected chi connectivity index (χ1v) is 8.00. The molecule has 0 aliphatic carbocycles. The number of nitrogens with zero attached hydrogens (tertiary/aromatic N) is 1. The van der Waals surface area contributed by atoms with Gasteiger partial charge in [0.15, 0.2) is 0 Å². The van der Waals surface area contributed by atoms with Crippen LogP contribution in [0.4, 0.5) is 0 Å². The normalized spacial score (nSPS) is 16.5. The molecule has 0 aromatic heterocycles. The van der Waals surface area contributed by atoms with Gasteiger partial charge in [-0.05, 0) is 37.8 Å². The Hall–Kier alpha value is -1.97. The Bertz CT molecular complexity index is 692. The predicted octanol–water partition coefficient (Wildman–Crippen LogP) is 1.56. The third-order valence-electron chi connectivity index (χ3n) is 4.08. The highest BCUT2D eigenvalue weighted by Crippen LogP contribution is 2.10. The molecule has 1 heterocycles. The number of rotatable bonds is 6. The number of carbonyl (C=O) groups is 2. The summed E-state index contributed by atoms with van der Waals surface area (Å²) in [7, 11) is 0. The van der Waals surface area contributed by atoms with Crippen molar-refractivity contribution >= 4 is 17.9 Å². The summed E-state index contributed by atoms with van der Waals surface area (Å²) in [6.07, 6.45) is 5.08. The van der Waals surface area contributed by atoms with Crippen LogP contribution in [-0.2, 0) is 9.59 Å². The van der Waals surface area contributed by atoms with Gasteiger partial charge in [0.2, 0.25) is 5.91 Å². The molecule has 1 aliphatic rings. The van der Waals surface area contributed by atoms with Crippen molar-refractivity contribution in [3.8, 4) is 0 Å². The molecule has 0 saturated heterocycles. The maximum Gasteiger partial charge on any atom is 0.253 e. The Labute approximate surface area is 131 Å². The Kier molecular flexibility index (Phi) is 5.47. The van der Waals surface area contributed by atoms with Gasteiger partial charge in [-0.1, -0.05) is 31.6 Å². The van der Waals surface area contributed by atoms with Gasteiger partial charge in [-0.2, -0.15) is 0 Å². The number of unbranched alkanes of at least 4 members (excludes halogenated alkanes) is 1. The highest BCUT2D eigenvalue weighted by atomic mass is 16.2. The molecule has 1 aromatic carbocycles. The molecule has 4 heteroatoms. The van der Waals surface area contributed by atoms with Crippen LogP contribution in [0.1, 0.15) is 43.7 Å². The van der Waals surface area contributed by atoms with Crippen molar-refractivity contribution in [1.82, 2.24) is 5.32 Å². The van der Waals surface area contributed by atoms with Crippen LogP contribution in [-0.4, -0.2) is 18.4 Å². The van der Waals surface area contributed by atoms with Crippen molar-refractivity contribution in [1.29, 1.82) is 0 Å². The number of amides is 2. The summed E-state index contributed by atoms with van der Waals surface area (Å²) in [5.74, 6) is -0.280. The number of benzene rings is 1. The monoisotopic (exact) mass is 300 g/mol. The lowest BCUT2D eigenvalue weighted by Gasteiger charge is -2.14. The van der Waals surface area contributed by atoms with Crippen LogP contribution >= 0.6 is 0 Å². The Balaban J connectivity index is 2.05. The molecule has 22 heavy (non-hydrogen) atoms. The Morgan fingerprint density at radius 2 is 2.00 bits per heavy atom. The highest BCUT2D eigenvalue weighted by molar-refractivity contribution is 5.86. The minimum atomic E-state index is -0.237. The van der Waals surface area contributed by atoms with E-state index in [-0.39, 0.29) is 17.7 Å². The van der Waals surface area contributed by atoms with Crippen molar-refractivity contribution in [2.24, 2.45) is 10.9 Å². The smallest absolute Gasteiger partial charge is 0.253 e. The Morgan fingerprint density at radius 1 is 1.27 bits per heavy atom. The van der Waals surface area contributed by atoms with Gasteiger partial charge in [-0.15, -0.1) is 0 Å². The van der Waals surface area contributed by atoms with Crippen molar-refractivity contribution < 1.29 is 9.59 Å². The molecule has 1 aromatic rings. The number of aryl methyl sites for hydroxylation is 2. The van der Waals surface area contributed by atoms with E-state index in [0.717, 1.165) is 34.5 Å². The van der Waals surface area contributed by atoms with Gasteiger partial charge in [-0.3, -0.25) is 9.59 Å². The third kappa shape index (κ3) is 3.81. The van der Waals surface area contributed by atoms with E-state index in [0.29, 0.717) is 19.4 Å². The molecule has 2 rings (SSSR count). The molecule has 1 atom stereocenters. The molecule has 118 valence electrons. The van der Waals surface area contributed by atoms with Crippen molar-refractivity contribution in [3.63, 3.8) is 0 Å². The molecule has 0 bridgehead atoms. The topological polar surface area (TPSA) is 58.5 Å². The van der Waals surface area contributed by atoms with Crippen molar-refractivity contribution in [2.75, 3.05) is 6.54 Å². The van der Waals surface area contributed by atoms with Gasteiger partial charge < -0.3 is 5.32 Å². The summed E-state index contributed by atoms with van der Waals surface area (Å²) in [6.45, 7) is 6.58. The number of fused-ring (bicyclic) bond motifs is 1. The second-order valence-corrected chi connectivity index (χ2v) is 5.93. The highest BCUT2D eigenvalue weighted by Gasteiger charge is 2.19. The molecule has 0 fully saturated rings. The third-order valence-corrected chi connectivity index (χ3v) is 4.08. The van der Waals surface area contributed by atoms with E-state index >= 15 is 0 Å². The lowest BCUT2D eigenvalue weighted by Crippen LogP contribution is -2.38. The van der Waals surface area contributed by atoms with Crippen LogP contribution in [0.5, 0.6) is 0 Å². The number of hydrogen-bond donors (Lipinski definition) is 1. The molecule has 1 aliphatic heterocycles. The van der Waals surface area contributed by atoms with Gasteiger partial charge in [0.05, 0.1) is 11.3 Å². The zero-order valence-corrected chi connectivity index (χ0v) is 13.6. The minimum absolute atomic E-state index is 0.0643. The molecule has 1 N–H and O–H groups in total. The lowest BCUT2D eigenvalue weighted by molar-refractivity contribution is -0.122. The first-order chi connectivity index (χ1) is 10.5. The largest absolute Gasteiger partial charge is 0.356 e. The summed E-state index contributed by atoms with van der Waals surface area (Å²) in [6, 6.07) is 4.05. The standard InChI is InChI=1S/C18H24N2O2/c1-4-5-6-16(21)19-10-9-14-11-15-12(2)7-8-13(3)17(15)20-18(14)22/h7-8,11,14H,4-6,9-10H2,1-3H3,(H,19,21). The van der Waals surface area contributed by atoms with Crippen LogP contribution < -0.4 is 15.9 Å². The summed E-state index contributed by atoms with van der Waals surface area (Å²) >= 11 is 0. The van der Waals surface area contributed by atoms with Crippen LogP contribution in [0.2, 0.25) is 0 Å². The van der Waals surface area contributed by atoms with Crippen LogP contribution in [0, 0.1) is 19.8 Å². The quantitative estimate of drug-likeness (QED) is 0.866.